The molecule has 0 spiro atoms. The van der Waals surface area contributed by atoms with Crippen molar-refractivity contribution in [3.8, 4) is 17.3 Å². The maximum atomic E-state index is 12.5. The molecule has 4 aromatic rings. The molecule has 7 heteroatoms. The van der Waals surface area contributed by atoms with E-state index < -0.39 is 0 Å². The van der Waals surface area contributed by atoms with Gasteiger partial charge in [0.05, 0.1) is 22.1 Å². The highest BCUT2D eigenvalue weighted by Gasteiger charge is 2.15. The molecule has 0 saturated heterocycles. The third kappa shape index (κ3) is 4.87. The summed E-state index contributed by atoms with van der Waals surface area (Å²) in [5, 5.41) is 10.7. The maximum absolute atomic E-state index is 12.5. The van der Waals surface area contributed by atoms with Gasteiger partial charge in [-0.2, -0.15) is 9.78 Å². The van der Waals surface area contributed by atoms with E-state index in [1.54, 1.807) is 22.9 Å². The number of ether oxygens (including phenoxy) is 1. The lowest BCUT2D eigenvalue weighted by Gasteiger charge is -2.14. The second-order valence-electron chi connectivity index (χ2n) is 7.03. The van der Waals surface area contributed by atoms with Gasteiger partial charge in [0.25, 0.3) is 0 Å². The number of anilines is 2. The minimum Gasteiger partial charge on any atom is -0.437 e. The highest BCUT2D eigenvalue weighted by atomic mass is 35.5. The van der Waals surface area contributed by atoms with Gasteiger partial charge in [0, 0.05) is 11.8 Å². The summed E-state index contributed by atoms with van der Waals surface area (Å²) in [5.74, 6) is 0.966. The summed E-state index contributed by atoms with van der Waals surface area (Å²) in [6.07, 6.45) is 0. The van der Waals surface area contributed by atoms with Gasteiger partial charge in [0.15, 0.2) is 5.75 Å². The molecule has 4 rings (SSSR count). The van der Waals surface area contributed by atoms with E-state index in [-0.39, 0.29) is 6.03 Å². The SMILES string of the molecule is Cc1ccc(NC(=O)Nc2ccccc2Oc2cc(C)nn2-c2ccccc2Cl)cc1. The summed E-state index contributed by atoms with van der Waals surface area (Å²) in [4.78, 5) is 12.5. The van der Waals surface area contributed by atoms with E-state index in [0.29, 0.717) is 33.7 Å². The summed E-state index contributed by atoms with van der Waals surface area (Å²) in [5.41, 5.74) is 3.83. The first-order valence-corrected chi connectivity index (χ1v) is 10.1. The Balaban J connectivity index is 1.57. The van der Waals surface area contributed by atoms with Gasteiger partial charge in [0.1, 0.15) is 0 Å². The first kappa shape index (κ1) is 20.5. The summed E-state index contributed by atoms with van der Waals surface area (Å²) in [7, 11) is 0. The van der Waals surface area contributed by atoms with Crippen molar-refractivity contribution in [3.63, 3.8) is 0 Å². The van der Waals surface area contributed by atoms with Gasteiger partial charge in [-0.05, 0) is 50.2 Å². The van der Waals surface area contributed by atoms with E-state index in [2.05, 4.69) is 15.7 Å². The van der Waals surface area contributed by atoms with Crippen LogP contribution in [0.15, 0.2) is 78.9 Å². The predicted molar refractivity (Wildman–Crippen MR) is 124 cm³/mol. The number of carbonyl (C=O) groups excluding carboxylic acids is 1. The van der Waals surface area contributed by atoms with Crippen LogP contribution in [0.2, 0.25) is 5.02 Å². The molecule has 2 amide bonds. The van der Waals surface area contributed by atoms with Crippen molar-refractivity contribution in [3.05, 3.63) is 95.1 Å². The van der Waals surface area contributed by atoms with Crippen LogP contribution in [0.3, 0.4) is 0 Å². The molecule has 0 bridgehead atoms. The summed E-state index contributed by atoms with van der Waals surface area (Å²) >= 11 is 6.35. The van der Waals surface area contributed by atoms with Crippen LogP contribution >= 0.6 is 11.6 Å². The molecule has 31 heavy (non-hydrogen) atoms. The Bertz CT molecular complexity index is 1220. The fourth-order valence-electron chi connectivity index (χ4n) is 3.04. The monoisotopic (exact) mass is 432 g/mol. The van der Waals surface area contributed by atoms with Crippen molar-refractivity contribution in [2.75, 3.05) is 10.6 Å². The van der Waals surface area contributed by atoms with Crippen molar-refractivity contribution in [2.45, 2.75) is 13.8 Å². The first-order valence-electron chi connectivity index (χ1n) is 9.73. The average Bonchev–Trinajstić information content (AvgIpc) is 3.11. The minimum absolute atomic E-state index is 0.365. The Labute approximate surface area is 185 Å². The molecular formula is C24H21ClN4O2. The number of rotatable bonds is 5. The highest BCUT2D eigenvalue weighted by Crippen LogP contribution is 2.32. The zero-order valence-electron chi connectivity index (χ0n) is 17.1. The number of urea groups is 1. The Morgan fingerprint density at radius 2 is 1.65 bits per heavy atom. The number of aromatic nitrogens is 2. The zero-order valence-corrected chi connectivity index (χ0v) is 17.9. The lowest BCUT2D eigenvalue weighted by Crippen LogP contribution is -2.19. The second-order valence-corrected chi connectivity index (χ2v) is 7.44. The van der Waals surface area contributed by atoms with Crippen LogP contribution in [0.1, 0.15) is 11.3 Å². The van der Waals surface area contributed by atoms with Crippen LogP contribution in [0, 0.1) is 13.8 Å². The molecule has 3 aromatic carbocycles. The number of nitrogens with one attached hydrogen (secondary N) is 2. The van der Waals surface area contributed by atoms with Gasteiger partial charge < -0.3 is 15.4 Å². The maximum Gasteiger partial charge on any atom is 0.323 e. The lowest BCUT2D eigenvalue weighted by molar-refractivity contribution is 0.262. The Kier molecular flexibility index (Phi) is 5.91. The number of hydrogen-bond donors (Lipinski definition) is 2. The van der Waals surface area contributed by atoms with Crippen LogP contribution in [0.25, 0.3) is 5.69 Å². The van der Waals surface area contributed by atoms with E-state index in [9.17, 15) is 4.79 Å². The van der Waals surface area contributed by atoms with Gasteiger partial charge in [-0.25, -0.2) is 4.79 Å². The second kappa shape index (κ2) is 8.93. The molecule has 2 N–H and O–H groups in total. The molecular weight excluding hydrogens is 412 g/mol. The Morgan fingerprint density at radius 3 is 2.42 bits per heavy atom. The number of carbonyl (C=O) groups is 1. The van der Waals surface area contributed by atoms with Gasteiger partial charge in [-0.15, -0.1) is 0 Å². The van der Waals surface area contributed by atoms with Crippen LogP contribution in [-0.4, -0.2) is 15.8 Å². The quantitative estimate of drug-likeness (QED) is 0.374. The van der Waals surface area contributed by atoms with Crippen molar-refractivity contribution < 1.29 is 9.53 Å². The first-order chi connectivity index (χ1) is 15.0. The van der Waals surface area contributed by atoms with Crippen molar-refractivity contribution in [2.24, 2.45) is 0 Å². The van der Waals surface area contributed by atoms with E-state index in [1.807, 2.05) is 74.5 Å². The molecule has 156 valence electrons. The highest BCUT2D eigenvalue weighted by molar-refractivity contribution is 6.32. The van der Waals surface area contributed by atoms with Gasteiger partial charge >= 0.3 is 6.03 Å². The van der Waals surface area contributed by atoms with Crippen molar-refractivity contribution >= 4 is 29.0 Å². The van der Waals surface area contributed by atoms with Crippen molar-refractivity contribution in [1.29, 1.82) is 0 Å². The van der Waals surface area contributed by atoms with E-state index in [0.717, 1.165) is 11.3 Å². The molecule has 0 unspecified atom stereocenters. The summed E-state index contributed by atoms with van der Waals surface area (Å²) in [6, 6.07) is 23.6. The Morgan fingerprint density at radius 1 is 0.935 bits per heavy atom. The number of aryl methyl sites for hydroxylation is 2. The van der Waals surface area contributed by atoms with Gasteiger partial charge in [-0.1, -0.05) is 53.6 Å². The average molecular weight is 433 g/mol. The molecule has 0 aliphatic carbocycles. The van der Waals surface area contributed by atoms with E-state index in [1.165, 1.54) is 0 Å². The number of para-hydroxylation sites is 3. The lowest BCUT2D eigenvalue weighted by atomic mass is 10.2. The summed E-state index contributed by atoms with van der Waals surface area (Å²) < 4.78 is 7.78. The van der Waals surface area contributed by atoms with Crippen LogP contribution in [0.4, 0.5) is 16.2 Å². The molecule has 0 aliphatic rings. The largest absolute Gasteiger partial charge is 0.437 e. The normalized spacial score (nSPS) is 10.5. The topological polar surface area (TPSA) is 68.2 Å². The molecule has 6 nitrogen and oxygen atoms in total. The van der Waals surface area contributed by atoms with Crippen LogP contribution in [-0.2, 0) is 0 Å². The Hall–Kier alpha value is -3.77. The van der Waals surface area contributed by atoms with Gasteiger partial charge in [-0.3, -0.25) is 0 Å². The van der Waals surface area contributed by atoms with E-state index >= 15 is 0 Å². The number of benzene rings is 3. The minimum atomic E-state index is -0.365. The molecule has 1 aromatic heterocycles. The number of halogens is 1. The molecule has 0 atom stereocenters. The fraction of sp³-hybridized carbons (Fsp3) is 0.0833. The summed E-state index contributed by atoms with van der Waals surface area (Å²) in [6.45, 7) is 3.87. The zero-order chi connectivity index (χ0) is 21.8. The number of hydrogen-bond acceptors (Lipinski definition) is 3. The third-order valence-electron chi connectivity index (χ3n) is 4.54. The molecule has 0 radical (unpaired) electrons. The van der Waals surface area contributed by atoms with E-state index in [4.69, 9.17) is 16.3 Å². The smallest absolute Gasteiger partial charge is 0.323 e. The molecule has 1 heterocycles. The predicted octanol–water partition coefficient (Wildman–Crippen LogP) is 6.58. The number of amides is 2. The van der Waals surface area contributed by atoms with Crippen molar-refractivity contribution in [1.82, 2.24) is 9.78 Å². The standard InChI is InChI=1S/C24H21ClN4O2/c1-16-11-13-18(14-12-16)26-24(30)27-20-8-4-6-10-22(20)31-23-15-17(2)28-29(23)21-9-5-3-7-19(21)25/h3-15H,1-2H3,(H2,26,27,30). The third-order valence-corrected chi connectivity index (χ3v) is 4.86. The molecule has 0 fully saturated rings. The molecule has 0 aliphatic heterocycles. The molecule has 0 saturated carbocycles. The van der Waals surface area contributed by atoms with Gasteiger partial charge in [0.2, 0.25) is 5.88 Å². The van der Waals surface area contributed by atoms with Crippen LogP contribution < -0.4 is 15.4 Å². The van der Waals surface area contributed by atoms with Crippen LogP contribution in [0.5, 0.6) is 11.6 Å². The number of nitrogens with zero attached hydrogens (tertiary/aromatic N) is 2. The fourth-order valence-corrected chi connectivity index (χ4v) is 3.25.